The predicted molar refractivity (Wildman–Crippen MR) is 138 cm³/mol. The van der Waals surface area contributed by atoms with Crippen molar-refractivity contribution in [2.75, 3.05) is 6.54 Å². The lowest BCUT2D eigenvalue weighted by atomic mass is 10.00. The molecular weight excluding hydrogens is 498 g/mol. The minimum atomic E-state index is -1.38. The Hall–Kier alpha value is -3.71. The van der Waals surface area contributed by atoms with Crippen molar-refractivity contribution in [1.29, 1.82) is 0 Å². The van der Waals surface area contributed by atoms with E-state index in [0.29, 0.717) is 24.9 Å². The quantitative estimate of drug-likeness (QED) is 0.118. The van der Waals surface area contributed by atoms with Gasteiger partial charge < -0.3 is 42.7 Å². The van der Waals surface area contributed by atoms with Crippen molar-refractivity contribution in [3.05, 3.63) is 29.8 Å². The molecule has 1 rings (SSSR count). The van der Waals surface area contributed by atoms with Gasteiger partial charge in [-0.15, -0.1) is 0 Å². The largest absolute Gasteiger partial charge is 0.508 e. The van der Waals surface area contributed by atoms with Crippen molar-refractivity contribution >= 4 is 29.7 Å². The van der Waals surface area contributed by atoms with Crippen molar-refractivity contribution < 1.29 is 39.3 Å². The molecule has 4 atom stereocenters. The topological polar surface area (TPSA) is 234 Å². The van der Waals surface area contributed by atoms with Crippen LogP contribution in [-0.2, 0) is 30.4 Å². The lowest BCUT2D eigenvalue weighted by Crippen LogP contribution is -2.58. The molecule has 0 radical (unpaired) electrons. The molecule has 0 saturated carbocycles. The van der Waals surface area contributed by atoms with Gasteiger partial charge in [-0.2, -0.15) is 0 Å². The smallest absolute Gasteiger partial charge is 0.326 e. The highest BCUT2D eigenvalue weighted by atomic mass is 16.4. The number of nitrogens with two attached hydrogens (primary N) is 2. The minimum Gasteiger partial charge on any atom is -0.508 e. The molecule has 13 heteroatoms. The predicted octanol–water partition coefficient (Wildman–Crippen LogP) is -0.549. The first-order valence-corrected chi connectivity index (χ1v) is 12.4. The molecule has 1 aromatic rings. The van der Waals surface area contributed by atoms with E-state index in [1.54, 1.807) is 12.1 Å². The van der Waals surface area contributed by atoms with E-state index in [0.717, 1.165) is 0 Å². The van der Waals surface area contributed by atoms with E-state index in [1.807, 2.05) is 13.8 Å². The first-order valence-electron chi connectivity index (χ1n) is 12.4. The van der Waals surface area contributed by atoms with Crippen LogP contribution in [0.1, 0.15) is 51.5 Å². The van der Waals surface area contributed by atoms with Crippen molar-refractivity contribution in [3.8, 4) is 5.75 Å². The van der Waals surface area contributed by atoms with E-state index in [2.05, 4.69) is 16.0 Å². The molecule has 10 N–H and O–H groups in total. The fourth-order valence-electron chi connectivity index (χ4n) is 3.63. The number of phenolic OH excluding ortho intramolecular Hbond substituents is 1. The van der Waals surface area contributed by atoms with Gasteiger partial charge in [0.2, 0.25) is 17.7 Å². The number of hydrogen-bond donors (Lipinski definition) is 8. The number of hydrogen-bond acceptors (Lipinski definition) is 8. The van der Waals surface area contributed by atoms with Crippen LogP contribution >= 0.6 is 0 Å². The normalized spacial score (nSPS) is 14.1. The second-order valence-electron chi connectivity index (χ2n) is 9.51. The summed E-state index contributed by atoms with van der Waals surface area (Å²) >= 11 is 0. The van der Waals surface area contributed by atoms with Crippen LogP contribution in [0.5, 0.6) is 5.75 Å². The minimum absolute atomic E-state index is 0.00189. The maximum absolute atomic E-state index is 13.2. The Labute approximate surface area is 221 Å². The van der Waals surface area contributed by atoms with Crippen LogP contribution in [0, 0.1) is 5.92 Å². The molecule has 38 heavy (non-hydrogen) atoms. The Morgan fingerprint density at radius 2 is 1.39 bits per heavy atom. The fourth-order valence-corrected chi connectivity index (χ4v) is 3.63. The maximum Gasteiger partial charge on any atom is 0.326 e. The molecule has 0 aliphatic carbocycles. The van der Waals surface area contributed by atoms with Gasteiger partial charge in [0.15, 0.2) is 0 Å². The molecule has 0 spiro atoms. The molecule has 0 aliphatic rings. The number of nitrogens with one attached hydrogen (secondary N) is 3. The Morgan fingerprint density at radius 3 is 1.92 bits per heavy atom. The van der Waals surface area contributed by atoms with E-state index in [1.165, 1.54) is 12.1 Å². The average Bonchev–Trinajstić information content (AvgIpc) is 2.82. The Kier molecular flexibility index (Phi) is 13.8. The summed E-state index contributed by atoms with van der Waals surface area (Å²) in [6, 6.07) is 0.991. The van der Waals surface area contributed by atoms with E-state index in [-0.39, 0.29) is 30.9 Å². The number of benzene rings is 1. The van der Waals surface area contributed by atoms with Gasteiger partial charge in [-0.3, -0.25) is 19.2 Å². The van der Waals surface area contributed by atoms with Crippen molar-refractivity contribution in [1.82, 2.24) is 16.0 Å². The third-order valence-corrected chi connectivity index (χ3v) is 5.64. The summed E-state index contributed by atoms with van der Waals surface area (Å²) in [7, 11) is 0. The summed E-state index contributed by atoms with van der Waals surface area (Å²) in [5, 5.41) is 35.5. The van der Waals surface area contributed by atoms with Gasteiger partial charge in [-0.1, -0.05) is 26.0 Å². The van der Waals surface area contributed by atoms with Crippen LogP contribution in [0.4, 0.5) is 0 Å². The molecule has 0 aromatic heterocycles. The molecule has 212 valence electrons. The van der Waals surface area contributed by atoms with Gasteiger partial charge in [0.25, 0.3) is 0 Å². The molecule has 0 bridgehead atoms. The Bertz CT molecular complexity index is 954. The third kappa shape index (κ3) is 12.0. The van der Waals surface area contributed by atoms with E-state index >= 15 is 0 Å². The molecular formula is C25H39N5O8. The Morgan fingerprint density at radius 1 is 0.842 bits per heavy atom. The third-order valence-electron chi connectivity index (χ3n) is 5.64. The zero-order valence-electron chi connectivity index (χ0n) is 21.7. The number of aromatic hydroxyl groups is 1. The number of carboxylic acids is 2. The van der Waals surface area contributed by atoms with E-state index < -0.39 is 60.2 Å². The summed E-state index contributed by atoms with van der Waals surface area (Å²) in [5.41, 5.74) is 11.7. The second-order valence-corrected chi connectivity index (χ2v) is 9.51. The number of phenols is 1. The lowest BCUT2D eigenvalue weighted by molar-refractivity contribution is -0.142. The number of rotatable bonds is 17. The van der Waals surface area contributed by atoms with Crippen molar-refractivity contribution in [2.45, 2.75) is 76.5 Å². The number of carbonyl (C=O) groups is 5. The average molecular weight is 538 g/mol. The monoisotopic (exact) mass is 537 g/mol. The van der Waals surface area contributed by atoms with Gasteiger partial charge in [0, 0.05) is 6.42 Å². The summed E-state index contributed by atoms with van der Waals surface area (Å²) in [4.78, 5) is 61.4. The van der Waals surface area contributed by atoms with Crippen LogP contribution in [0.25, 0.3) is 0 Å². The maximum atomic E-state index is 13.2. The molecule has 3 amide bonds. The first kappa shape index (κ1) is 32.3. The van der Waals surface area contributed by atoms with Crippen LogP contribution < -0.4 is 27.4 Å². The number of carbonyl (C=O) groups excluding carboxylic acids is 3. The highest BCUT2D eigenvalue weighted by Crippen LogP contribution is 2.13. The summed E-state index contributed by atoms with van der Waals surface area (Å²) in [6.07, 6.45) is 0.700. The van der Waals surface area contributed by atoms with Crippen LogP contribution in [0.15, 0.2) is 24.3 Å². The molecule has 0 heterocycles. The van der Waals surface area contributed by atoms with Crippen LogP contribution in [0.3, 0.4) is 0 Å². The SMILES string of the molecule is CC(C)CC(NC(=O)C(N)CC(=O)O)C(=O)NC(Cc1ccc(O)cc1)C(=O)NC(CCCCN)C(=O)O. The summed E-state index contributed by atoms with van der Waals surface area (Å²) in [6.45, 7) is 3.99. The molecule has 0 saturated heterocycles. The summed E-state index contributed by atoms with van der Waals surface area (Å²) in [5.74, 6) is -4.87. The molecule has 13 nitrogen and oxygen atoms in total. The fraction of sp³-hybridized carbons (Fsp3) is 0.560. The van der Waals surface area contributed by atoms with Crippen molar-refractivity contribution in [3.63, 3.8) is 0 Å². The second kappa shape index (κ2) is 16.2. The summed E-state index contributed by atoms with van der Waals surface area (Å²) < 4.78 is 0. The number of amides is 3. The molecule has 0 aliphatic heterocycles. The molecule has 1 aromatic carbocycles. The number of aliphatic carboxylic acids is 2. The van der Waals surface area contributed by atoms with Gasteiger partial charge in [-0.25, -0.2) is 4.79 Å². The molecule has 0 fully saturated rings. The zero-order valence-corrected chi connectivity index (χ0v) is 21.7. The van der Waals surface area contributed by atoms with Crippen LogP contribution in [-0.4, -0.2) is 75.7 Å². The van der Waals surface area contributed by atoms with Gasteiger partial charge in [0.05, 0.1) is 12.5 Å². The number of unbranched alkanes of at least 4 members (excludes halogenated alkanes) is 1. The number of carboxylic acid groups (broad SMARTS) is 2. The highest BCUT2D eigenvalue weighted by Gasteiger charge is 2.31. The Balaban J connectivity index is 3.14. The zero-order chi connectivity index (χ0) is 28.8. The lowest BCUT2D eigenvalue weighted by Gasteiger charge is -2.26. The van der Waals surface area contributed by atoms with Crippen molar-refractivity contribution in [2.24, 2.45) is 17.4 Å². The highest BCUT2D eigenvalue weighted by molar-refractivity contribution is 5.94. The van der Waals surface area contributed by atoms with E-state index in [4.69, 9.17) is 16.6 Å². The standard InChI is InChI=1S/C25H39N5O8/c1-14(2)11-19(29-22(34)17(27)13-21(32)33)23(35)30-20(12-15-6-8-16(31)9-7-15)24(36)28-18(25(37)38)5-3-4-10-26/h6-9,14,17-20,31H,3-5,10-13,26-27H2,1-2H3,(H,28,36)(H,29,34)(H,30,35)(H,32,33)(H,37,38). The van der Waals surface area contributed by atoms with Crippen LogP contribution in [0.2, 0.25) is 0 Å². The molecule has 4 unspecified atom stereocenters. The van der Waals surface area contributed by atoms with Gasteiger partial charge in [-0.05, 0) is 55.8 Å². The van der Waals surface area contributed by atoms with Gasteiger partial charge >= 0.3 is 11.9 Å². The van der Waals surface area contributed by atoms with E-state index in [9.17, 15) is 34.2 Å². The van der Waals surface area contributed by atoms with Gasteiger partial charge in [0.1, 0.15) is 23.9 Å². The first-order chi connectivity index (χ1) is 17.8.